The first kappa shape index (κ1) is 19.2. The third kappa shape index (κ3) is 7.42. The van der Waals surface area contributed by atoms with Gasteiger partial charge in [-0.3, -0.25) is 4.99 Å². The number of aryl methyl sites for hydroxylation is 1. The summed E-state index contributed by atoms with van der Waals surface area (Å²) in [5.74, 6) is 0.444. The van der Waals surface area contributed by atoms with E-state index in [-0.39, 0.29) is 24.0 Å². The van der Waals surface area contributed by atoms with Gasteiger partial charge in [0.2, 0.25) is 0 Å². The number of nitrogens with one attached hydrogen (secondary N) is 1. The molecule has 0 amide bonds. The van der Waals surface area contributed by atoms with Crippen molar-refractivity contribution in [2.24, 2.45) is 10.7 Å². The van der Waals surface area contributed by atoms with Crippen molar-refractivity contribution in [3.8, 4) is 0 Å². The minimum absolute atomic E-state index is 0. The topological polar surface area (TPSA) is 68.9 Å². The maximum Gasteiger partial charge on any atom is 0.193 e. The van der Waals surface area contributed by atoms with Crippen LogP contribution in [-0.4, -0.2) is 38.4 Å². The Morgan fingerprint density at radius 1 is 1.50 bits per heavy atom. The van der Waals surface area contributed by atoms with Gasteiger partial charge in [-0.05, 0) is 43.9 Å². The predicted octanol–water partition coefficient (Wildman–Crippen LogP) is 2.93. The molecule has 3 N–H and O–H groups in total. The normalized spacial score (nSPS) is 18.0. The van der Waals surface area contributed by atoms with Crippen molar-refractivity contribution in [1.29, 1.82) is 0 Å². The highest BCUT2D eigenvalue weighted by atomic mass is 127. The number of halogens is 1. The molecule has 6 heteroatoms. The van der Waals surface area contributed by atoms with Crippen molar-refractivity contribution >= 4 is 35.6 Å². The Balaban J connectivity index is 0.00000242. The van der Waals surface area contributed by atoms with E-state index in [0.29, 0.717) is 31.8 Å². The Labute approximate surface area is 149 Å². The SMILES string of the molecule is Cc1cccc(NC(N)=NCCCOCC2CCCO2)c1.I. The highest BCUT2D eigenvalue weighted by molar-refractivity contribution is 14.0. The minimum Gasteiger partial charge on any atom is -0.379 e. The van der Waals surface area contributed by atoms with Crippen LogP contribution < -0.4 is 11.1 Å². The molecular weight excluding hydrogens is 393 g/mol. The van der Waals surface area contributed by atoms with Gasteiger partial charge in [0.25, 0.3) is 0 Å². The zero-order valence-corrected chi connectivity index (χ0v) is 15.4. The fraction of sp³-hybridized carbons (Fsp3) is 0.562. The third-order valence-corrected chi connectivity index (χ3v) is 3.35. The van der Waals surface area contributed by atoms with Gasteiger partial charge in [0.1, 0.15) is 0 Å². The molecule has 1 aliphatic heterocycles. The standard InChI is InChI=1S/C16H25N3O2.HI/c1-13-5-2-6-14(11-13)19-16(17)18-8-4-9-20-12-15-7-3-10-21-15;/h2,5-6,11,15H,3-4,7-10,12H2,1H3,(H3,17,18,19);1H. The minimum atomic E-state index is 0. The summed E-state index contributed by atoms with van der Waals surface area (Å²) in [6.07, 6.45) is 3.43. The van der Waals surface area contributed by atoms with Gasteiger partial charge in [-0.15, -0.1) is 24.0 Å². The van der Waals surface area contributed by atoms with Crippen LogP contribution in [0.2, 0.25) is 0 Å². The maximum atomic E-state index is 5.85. The molecule has 1 unspecified atom stereocenters. The van der Waals surface area contributed by atoms with Crippen LogP contribution in [0.5, 0.6) is 0 Å². The van der Waals surface area contributed by atoms with Crippen molar-refractivity contribution in [2.75, 3.05) is 31.7 Å². The first-order chi connectivity index (χ1) is 10.2. The Hall–Kier alpha value is -0.860. The Bertz CT molecular complexity index is 462. The number of anilines is 1. The summed E-state index contributed by atoms with van der Waals surface area (Å²) in [6.45, 7) is 4.97. The molecule has 1 saturated heterocycles. The van der Waals surface area contributed by atoms with Crippen molar-refractivity contribution in [3.63, 3.8) is 0 Å². The highest BCUT2D eigenvalue weighted by Gasteiger charge is 2.14. The first-order valence-corrected chi connectivity index (χ1v) is 7.57. The summed E-state index contributed by atoms with van der Waals surface area (Å²) >= 11 is 0. The first-order valence-electron chi connectivity index (χ1n) is 7.57. The second kappa shape index (κ2) is 10.8. The molecule has 0 bridgehead atoms. The van der Waals surface area contributed by atoms with Gasteiger partial charge in [0, 0.05) is 25.4 Å². The van der Waals surface area contributed by atoms with Gasteiger partial charge in [0.15, 0.2) is 5.96 Å². The smallest absolute Gasteiger partial charge is 0.193 e. The van der Waals surface area contributed by atoms with E-state index in [1.807, 2.05) is 31.2 Å². The van der Waals surface area contributed by atoms with E-state index in [2.05, 4.69) is 10.3 Å². The lowest BCUT2D eigenvalue weighted by Gasteiger charge is -2.09. The van der Waals surface area contributed by atoms with E-state index in [1.165, 1.54) is 5.56 Å². The van der Waals surface area contributed by atoms with Crippen LogP contribution in [0.25, 0.3) is 0 Å². The van der Waals surface area contributed by atoms with Crippen LogP contribution in [0.4, 0.5) is 5.69 Å². The number of aliphatic imine (C=N–C) groups is 1. The quantitative estimate of drug-likeness (QED) is 0.309. The molecule has 1 aliphatic rings. The van der Waals surface area contributed by atoms with Crippen LogP contribution >= 0.6 is 24.0 Å². The van der Waals surface area contributed by atoms with Gasteiger partial charge in [-0.25, -0.2) is 0 Å². The molecule has 0 radical (unpaired) electrons. The molecule has 1 fully saturated rings. The molecule has 1 heterocycles. The van der Waals surface area contributed by atoms with Crippen LogP contribution in [-0.2, 0) is 9.47 Å². The summed E-state index contributed by atoms with van der Waals surface area (Å²) in [4.78, 5) is 4.29. The molecule has 5 nitrogen and oxygen atoms in total. The fourth-order valence-corrected chi connectivity index (χ4v) is 2.27. The number of hydrogen-bond donors (Lipinski definition) is 2. The van der Waals surface area contributed by atoms with E-state index >= 15 is 0 Å². The van der Waals surface area contributed by atoms with Crippen molar-refractivity contribution in [1.82, 2.24) is 0 Å². The number of rotatable bonds is 7. The average molecular weight is 419 g/mol. The van der Waals surface area contributed by atoms with Crippen LogP contribution in [0.1, 0.15) is 24.8 Å². The van der Waals surface area contributed by atoms with E-state index in [4.69, 9.17) is 15.2 Å². The van der Waals surface area contributed by atoms with Crippen LogP contribution in [0.3, 0.4) is 0 Å². The fourth-order valence-electron chi connectivity index (χ4n) is 2.27. The zero-order chi connectivity index (χ0) is 14.9. The number of benzene rings is 1. The van der Waals surface area contributed by atoms with Crippen LogP contribution in [0, 0.1) is 6.92 Å². The average Bonchev–Trinajstić information content (AvgIpc) is 2.96. The summed E-state index contributed by atoms with van der Waals surface area (Å²) in [5.41, 5.74) is 8.00. The molecular formula is C16H26IN3O2. The van der Waals surface area contributed by atoms with Gasteiger partial charge >= 0.3 is 0 Å². The highest BCUT2D eigenvalue weighted by Crippen LogP contribution is 2.12. The van der Waals surface area contributed by atoms with Crippen molar-refractivity contribution in [3.05, 3.63) is 29.8 Å². The number of guanidine groups is 1. The van der Waals surface area contributed by atoms with Gasteiger partial charge in [-0.2, -0.15) is 0 Å². The lowest BCUT2D eigenvalue weighted by Crippen LogP contribution is -2.23. The Morgan fingerprint density at radius 2 is 2.36 bits per heavy atom. The predicted molar refractivity (Wildman–Crippen MR) is 101 cm³/mol. The second-order valence-electron chi connectivity index (χ2n) is 5.32. The molecule has 1 aromatic carbocycles. The van der Waals surface area contributed by atoms with E-state index < -0.39 is 0 Å². The molecule has 1 aromatic rings. The van der Waals surface area contributed by atoms with Crippen molar-refractivity contribution in [2.45, 2.75) is 32.3 Å². The van der Waals surface area contributed by atoms with Crippen molar-refractivity contribution < 1.29 is 9.47 Å². The van der Waals surface area contributed by atoms with E-state index in [9.17, 15) is 0 Å². The lowest BCUT2D eigenvalue weighted by atomic mass is 10.2. The summed E-state index contributed by atoms with van der Waals surface area (Å²) in [7, 11) is 0. The van der Waals surface area contributed by atoms with Gasteiger partial charge < -0.3 is 20.5 Å². The van der Waals surface area contributed by atoms with E-state index in [1.54, 1.807) is 0 Å². The summed E-state index contributed by atoms with van der Waals surface area (Å²) in [5, 5.41) is 3.09. The summed E-state index contributed by atoms with van der Waals surface area (Å²) < 4.78 is 11.1. The Morgan fingerprint density at radius 3 is 3.09 bits per heavy atom. The largest absolute Gasteiger partial charge is 0.379 e. The lowest BCUT2D eigenvalue weighted by molar-refractivity contribution is 0.0171. The molecule has 124 valence electrons. The van der Waals surface area contributed by atoms with Gasteiger partial charge in [0.05, 0.1) is 12.7 Å². The number of nitrogens with zero attached hydrogens (tertiary/aromatic N) is 1. The molecule has 0 aliphatic carbocycles. The molecule has 0 saturated carbocycles. The third-order valence-electron chi connectivity index (χ3n) is 3.35. The maximum absolute atomic E-state index is 5.85. The summed E-state index contributed by atoms with van der Waals surface area (Å²) in [6, 6.07) is 8.04. The molecule has 22 heavy (non-hydrogen) atoms. The number of nitrogens with two attached hydrogens (primary N) is 1. The second-order valence-corrected chi connectivity index (χ2v) is 5.32. The molecule has 2 rings (SSSR count). The number of hydrogen-bond acceptors (Lipinski definition) is 3. The van der Waals surface area contributed by atoms with Crippen LogP contribution in [0.15, 0.2) is 29.3 Å². The monoisotopic (exact) mass is 419 g/mol. The van der Waals surface area contributed by atoms with E-state index in [0.717, 1.165) is 31.6 Å². The molecule has 1 atom stereocenters. The molecule has 0 aromatic heterocycles. The Kier molecular flexibility index (Phi) is 9.42. The van der Waals surface area contributed by atoms with Gasteiger partial charge in [-0.1, -0.05) is 12.1 Å². The number of ether oxygens (including phenoxy) is 2. The molecule has 0 spiro atoms. The zero-order valence-electron chi connectivity index (χ0n) is 13.1.